The molecule has 1 aromatic heterocycles. The zero-order valence-corrected chi connectivity index (χ0v) is 42.6. The molecule has 0 spiro atoms. The topological polar surface area (TPSA) is 6.48 Å². The summed E-state index contributed by atoms with van der Waals surface area (Å²) in [6.07, 6.45) is 0. The number of benzene rings is 9. The van der Waals surface area contributed by atoms with Crippen LogP contribution in [0.2, 0.25) is 0 Å². The molecule has 3 heterocycles. The van der Waals surface area contributed by atoms with Gasteiger partial charge in [-0.1, -0.05) is 180 Å². The van der Waals surface area contributed by atoms with Crippen LogP contribution in [0.1, 0.15) is 127 Å². The molecule has 1 unspecified atom stereocenters. The van der Waals surface area contributed by atoms with Gasteiger partial charge in [0, 0.05) is 31.8 Å². The van der Waals surface area contributed by atoms with Crippen LogP contribution in [0.15, 0.2) is 152 Å². The molecule has 338 valence electrons. The monoisotopic (exact) mass is 902 g/mol. The van der Waals surface area contributed by atoms with Crippen LogP contribution in [0.25, 0.3) is 53.5 Å². The summed E-state index contributed by atoms with van der Waals surface area (Å²) in [7, 11) is 0. The number of thiophene rings is 1. The van der Waals surface area contributed by atoms with Gasteiger partial charge in [0.2, 0.25) is 0 Å². The van der Waals surface area contributed by atoms with Gasteiger partial charge in [-0.15, -0.1) is 11.3 Å². The first-order valence-corrected chi connectivity index (χ1v) is 25.4. The van der Waals surface area contributed by atoms with Crippen LogP contribution >= 0.6 is 11.3 Å². The molecule has 10 aromatic rings. The second-order valence-electron chi connectivity index (χ2n) is 23.9. The first kappa shape index (κ1) is 42.9. The van der Waals surface area contributed by atoms with Gasteiger partial charge in [0.05, 0.1) is 34.4 Å². The highest BCUT2D eigenvalue weighted by atomic mass is 32.1. The number of para-hydroxylation sites is 1. The predicted molar refractivity (Wildman–Crippen MR) is 296 cm³/mol. The van der Waals surface area contributed by atoms with E-state index in [0.717, 1.165) is 0 Å². The van der Waals surface area contributed by atoms with Crippen molar-refractivity contribution in [1.29, 1.82) is 0 Å². The van der Waals surface area contributed by atoms with Crippen LogP contribution in [0.4, 0.5) is 34.1 Å². The average Bonchev–Trinajstić information content (AvgIpc) is 3.68. The van der Waals surface area contributed by atoms with E-state index in [0.29, 0.717) is 0 Å². The molecule has 0 N–H and O–H groups in total. The molecule has 2 nitrogen and oxygen atoms in total. The van der Waals surface area contributed by atoms with Gasteiger partial charge in [0.15, 0.2) is 0 Å². The summed E-state index contributed by atoms with van der Waals surface area (Å²) < 4.78 is 1.33. The fourth-order valence-electron chi connectivity index (χ4n) is 11.3. The Kier molecular flexibility index (Phi) is 9.18. The molecule has 2 aliphatic rings. The Morgan fingerprint density at radius 1 is 0.397 bits per heavy atom. The molecule has 2 aliphatic heterocycles. The minimum atomic E-state index is -0.132. The summed E-state index contributed by atoms with van der Waals surface area (Å²) >= 11 is 1.99. The number of nitrogens with zero attached hydrogens (tertiary/aromatic N) is 2. The van der Waals surface area contributed by atoms with Gasteiger partial charge in [0.25, 0.3) is 0 Å². The van der Waals surface area contributed by atoms with E-state index >= 15 is 0 Å². The smallest absolute Gasteiger partial charge is 0.0689 e. The number of hydrogen-bond acceptors (Lipinski definition) is 3. The molecule has 0 bridgehead atoms. The summed E-state index contributed by atoms with van der Waals surface area (Å²) in [6.45, 7) is 28.3. The van der Waals surface area contributed by atoms with E-state index in [2.05, 4.69) is 245 Å². The fraction of sp³-hybridized carbons (Fsp3) is 0.262. The van der Waals surface area contributed by atoms with E-state index in [1.807, 2.05) is 11.3 Å². The highest BCUT2D eigenvalue weighted by molar-refractivity contribution is 7.20. The van der Waals surface area contributed by atoms with Crippen molar-refractivity contribution >= 4 is 87.9 Å². The molecule has 0 saturated carbocycles. The lowest BCUT2D eigenvalue weighted by Gasteiger charge is -2.46. The van der Waals surface area contributed by atoms with E-state index in [-0.39, 0.29) is 27.6 Å². The number of fused-ring (bicyclic) bond motifs is 6. The van der Waals surface area contributed by atoms with Crippen molar-refractivity contribution < 1.29 is 0 Å². The summed E-state index contributed by atoms with van der Waals surface area (Å²) in [5.74, 6) is 0.0276. The van der Waals surface area contributed by atoms with Crippen molar-refractivity contribution in [3.63, 3.8) is 0 Å². The minimum Gasteiger partial charge on any atom is -0.309 e. The van der Waals surface area contributed by atoms with Gasteiger partial charge in [0.1, 0.15) is 0 Å². The second-order valence-corrected chi connectivity index (χ2v) is 25.0. The first-order chi connectivity index (χ1) is 32.3. The highest BCUT2D eigenvalue weighted by Gasteiger charge is 2.45. The summed E-state index contributed by atoms with van der Waals surface area (Å²) in [4.78, 5) is 6.71. The third-order valence-electron chi connectivity index (χ3n) is 15.2. The van der Waals surface area contributed by atoms with E-state index in [4.69, 9.17) is 0 Å². The van der Waals surface area contributed by atoms with Crippen molar-refractivity contribution in [3.05, 3.63) is 190 Å². The van der Waals surface area contributed by atoms with Crippen LogP contribution < -0.4 is 9.80 Å². The summed E-state index contributed by atoms with van der Waals surface area (Å²) in [5.41, 5.74) is 17.9. The van der Waals surface area contributed by atoms with E-state index in [1.165, 1.54) is 126 Å². The molecular formula is C65H62N2S. The SMILES string of the molecule is CC(C)(C)c1ccc(N2c3ccc(C(C)(C)C)cc3C3c4sc5ccc(C(C)(C)C)cc5c4N(c4ccccc4)c4cc(C(C)(C)C)cc2c43)c(-c2ccc3ccc4cccc5ccc2c3c45)c1. The molecule has 68 heavy (non-hydrogen) atoms. The summed E-state index contributed by atoms with van der Waals surface area (Å²) in [6, 6.07) is 59.1. The Labute approximate surface area is 407 Å². The molecule has 0 radical (unpaired) electrons. The normalized spacial score (nSPS) is 15.1. The lowest BCUT2D eigenvalue weighted by molar-refractivity contribution is 0.587. The van der Waals surface area contributed by atoms with Crippen LogP contribution in [-0.4, -0.2) is 0 Å². The van der Waals surface area contributed by atoms with Crippen molar-refractivity contribution in [2.75, 3.05) is 9.80 Å². The molecule has 9 aromatic carbocycles. The maximum Gasteiger partial charge on any atom is 0.0689 e. The molecule has 0 fully saturated rings. The molecule has 1 atom stereocenters. The second kappa shape index (κ2) is 14.5. The third-order valence-corrected chi connectivity index (χ3v) is 16.4. The minimum absolute atomic E-state index is 0.00817. The Balaban J connectivity index is 1.23. The van der Waals surface area contributed by atoms with Gasteiger partial charge < -0.3 is 9.80 Å². The van der Waals surface area contributed by atoms with Crippen molar-refractivity contribution in [1.82, 2.24) is 0 Å². The predicted octanol–water partition coefficient (Wildman–Crippen LogP) is 19.4. The van der Waals surface area contributed by atoms with E-state index < -0.39 is 0 Å². The maximum atomic E-state index is 2.67. The van der Waals surface area contributed by atoms with E-state index in [1.54, 1.807) is 0 Å². The molecule has 0 amide bonds. The Hall–Kier alpha value is -6.42. The molecule has 0 saturated heterocycles. The zero-order valence-electron chi connectivity index (χ0n) is 41.8. The number of rotatable bonds is 3. The largest absolute Gasteiger partial charge is 0.309 e. The molecule has 12 rings (SSSR count). The van der Waals surface area contributed by atoms with Crippen LogP contribution in [0, 0.1) is 0 Å². The van der Waals surface area contributed by atoms with E-state index in [9.17, 15) is 0 Å². The fourth-order valence-corrected chi connectivity index (χ4v) is 12.6. The molecular weight excluding hydrogens is 841 g/mol. The van der Waals surface area contributed by atoms with Gasteiger partial charge in [-0.3, -0.25) is 0 Å². The van der Waals surface area contributed by atoms with Gasteiger partial charge in [-0.25, -0.2) is 0 Å². The van der Waals surface area contributed by atoms with Gasteiger partial charge >= 0.3 is 0 Å². The first-order valence-electron chi connectivity index (χ1n) is 24.6. The van der Waals surface area contributed by atoms with Crippen LogP contribution in [-0.2, 0) is 21.7 Å². The number of hydrogen-bond donors (Lipinski definition) is 0. The Morgan fingerprint density at radius 2 is 0.956 bits per heavy atom. The highest BCUT2D eigenvalue weighted by Crippen LogP contribution is 2.65. The average molecular weight is 903 g/mol. The Morgan fingerprint density at radius 3 is 1.62 bits per heavy atom. The third kappa shape index (κ3) is 6.48. The van der Waals surface area contributed by atoms with Crippen molar-refractivity contribution in [3.8, 4) is 11.1 Å². The van der Waals surface area contributed by atoms with Crippen LogP contribution in [0.3, 0.4) is 0 Å². The standard InChI is InChI=1S/C65H62N2S/c1-62(2,3)41-25-30-51(48(33-41)46-28-23-40-22-21-38-17-16-18-39-24-29-47(46)57(40)56(38)39)67-52-31-26-42(63(4,5)6)34-49(52)58-59-53(36-44(37-54(59)67)65(10,11)12)66(45-19-14-13-15-20-45)60-50-35-43(64(7,8)9)27-32-55(50)68-61(58)60/h13-37,58H,1-12H3. The van der Waals surface area contributed by atoms with Crippen molar-refractivity contribution in [2.45, 2.75) is 111 Å². The quantitative estimate of drug-likeness (QED) is 0.163. The molecule has 3 heteroatoms. The van der Waals surface area contributed by atoms with Crippen molar-refractivity contribution in [2.24, 2.45) is 0 Å². The Bertz CT molecular complexity index is 3660. The lowest BCUT2D eigenvalue weighted by Crippen LogP contribution is -2.30. The lowest BCUT2D eigenvalue weighted by atomic mass is 9.74. The summed E-state index contributed by atoms with van der Waals surface area (Å²) in [5, 5.41) is 9.18. The van der Waals surface area contributed by atoms with Gasteiger partial charge in [-0.2, -0.15) is 0 Å². The maximum absolute atomic E-state index is 2.67. The van der Waals surface area contributed by atoms with Crippen LogP contribution in [0.5, 0.6) is 0 Å². The molecule has 0 aliphatic carbocycles. The number of anilines is 6. The van der Waals surface area contributed by atoms with Gasteiger partial charge in [-0.05, 0) is 142 Å². The zero-order chi connectivity index (χ0) is 47.4.